The summed E-state index contributed by atoms with van der Waals surface area (Å²) in [5.74, 6) is 0.858. The summed E-state index contributed by atoms with van der Waals surface area (Å²) in [5.41, 5.74) is 12.0. The fraction of sp³-hybridized carbons (Fsp3) is 0.0377. The molecule has 1 aliphatic heterocycles. The number of fused-ring (bicyclic) bond motifs is 5. The van der Waals surface area contributed by atoms with Crippen LogP contribution in [0.3, 0.4) is 0 Å². The Morgan fingerprint density at radius 3 is 1.89 bits per heavy atom. The highest BCUT2D eigenvalue weighted by Crippen LogP contribution is 2.43. The zero-order valence-electron chi connectivity index (χ0n) is 31.1. The standard InChI is InChI=1S/C53H37N3O/c1-3-13-34(14-4-1)37-25-28-38(29-26-37)51-54-52(40-30-27-36-17-7-8-18-39(36)31-40)56-53(55-51)45-23-12-20-42-43(45)21-11-22-44(42)47-32-41(35-15-5-2-6-16-35)33-49-50(47)46-19-9-10-24-48(46)57-49/h1-33,51,53,55H,(H,54,56). The van der Waals surface area contributed by atoms with Crippen molar-refractivity contribution in [3.8, 4) is 33.4 Å². The van der Waals surface area contributed by atoms with E-state index in [1.807, 2.05) is 6.07 Å². The lowest BCUT2D eigenvalue weighted by Crippen LogP contribution is -2.45. The molecule has 0 amide bonds. The molecule has 4 heteroatoms. The molecule has 0 saturated heterocycles. The van der Waals surface area contributed by atoms with E-state index in [0.29, 0.717) is 0 Å². The van der Waals surface area contributed by atoms with Gasteiger partial charge in [-0.25, -0.2) is 4.99 Å². The van der Waals surface area contributed by atoms with Gasteiger partial charge in [0.05, 0.1) is 0 Å². The topological polar surface area (TPSA) is 49.6 Å². The summed E-state index contributed by atoms with van der Waals surface area (Å²) in [6, 6.07) is 71.2. The van der Waals surface area contributed by atoms with Crippen LogP contribution in [0.15, 0.2) is 210 Å². The molecule has 0 aliphatic carbocycles. The number of hydrogen-bond acceptors (Lipinski definition) is 4. The molecule has 2 atom stereocenters. The normalized spacial score (nSPS) is 15.5. The van der Waals surface area contributed by atoms with Crippen LogP contribution in [0.1, 0.15) is 29.0 Å². The number of amidine groups is 1. The number of furan rings is 1. The molecule has 2 N–H and O–H groups in total. The van der Waals surface area contributed by atoms with Gasteiger partial charge in [0.15, 0.2) is 0 Å². The molecular weight excluding hydrogens is 695 g/mol. The van der Waals surface area contributed by atoms with Crippen molar-refractivity contribution in [2.45, 2.75) is 12.3 Å². The Balaban J connectivity index is 1.07. The Hall–Kier alpha value is -7.27. The van der Waals surface area contributed by atoms with Gasteiger partial charge in [-0.15, -0.1) is 0 Å². The van der Waals surface area contributed by atoms with Gasteiger partial charge in [-0.3, -0.25) is 5.32 Å². The van der Waals surface area contributed by atoms with Crippen LogP contribution in [0.5, 0.6) is 0 Å². The van der Waals surface area contributed by atoms with Gasteiger partial charge in [0.1, 0.15) is 29.3 Å². The number of para-hydroxylation sites is 1. The molecule has 2 heterocycles. The Morgan fingerprint density at radius 1 is 0.421 bits per heavy atom. The van der Waals surface area contributed by atoms with Crippen molar-refractivity contribution in [3.63, 3.8) is 0 Å². The minimum Gasteiger partial charge on any atom is -0.456 e. The quantitative estimate of drug-likeness (QED) is 0.179. The van der Waals surface area contributed by atoms with E-state index in [9.17, 15) is 0 Å². The molecule has 0 bridgehead atoms. The fourth-order valence-electron chi connectivity index (χ4n) is 8.54. The van der Waals surface area contributed by atoms with Crippen LogP contribution in [0.4, 0.5) is 0 Å². The van der Waals surface area contributed by atoms with Crippen molar-refractivity contribution in [1.82, 2.24) is 10.6 Å². The zero-order valence-corrected chi connectivity index (χ0v) is 31.1. The van der Waals surface area contributed by atoms with E-state index in [1.54, 1.807) is 0 Å². The van der Waals surface area contributed by atoms with Crippen molar-refractivity contribution in [1.29, 1.82) is 0 Å². The number of benzene rings is 9. The van der Waals surface area contributed by atoms with Crippen LogP contribution in [-0.2, 0) is 0 Å². The second-order valence-corrected chi connectivity index (χ2v) is 14.8. The summed E-state index contributed by atoms with van der Waals surface area (Å²) in [7, 11) is 0. The molecule has 1 aromatic heterocycles. The summed E-state index contributed by atoms with van der Waals surface area (Å²) in [6.07, 6.45) is -0.507. The number of hydrogen-bond donors (Lipinski definition) is 2. The van der Waals surface area contributed by atoms with Crippen molar-refractivity contribution >= 4 is 49.3 Å². The van der Waals surface area contributed by atoms with E-state index in [2.05, 4.69) is 205 Å². The first kappa shape index (κ1) is 33.1. The average Bonchev–Trinajstić information content (AvgIpc) is 3.67. The van der Waals surface area contributed by atoms with E-state index in [4.69, 9.17) is 9.41 Å². The third-order valence-corrected chi connectivity index (χ3v) is 11.4. The van der Waals surface area contributed by atoms with Crippen molar-refractivity contribution in [2.75, 3.05) is 0 Å². The molecule has 2 unspecified atom stereocenters. The van der Waals surface area contributed by atoms with Gasteiger partial charge in [-0.05, 0) is 90.3 Å². The smallest absolute Gasteiger partial charge is 0.136 e. The first-order valence-corrected chi connectivity index (χ1v) is 19.5. The fourth-order valence-corrected chi connectivity index (χ4v) is 8.54. The third kappa shape index (κ3) is 5.95. The van der Waals surface area contributed by atoms with Crippen LogP contribution in [0.2, 0.25) is 0 Å². The molecule has 0 spiro atoms. The molecule has 10 aromatic rings. The second kappa shape index (κ2) is 13.8. The lowest BCUT2D eigenvalue weighted by atomic mass is 9.90. The van der Waals surface area contributed by atoms with Crippen molar-refractivity contribution < 1.29 is 4.42 Å². The number of rotatable bonds is 6. The molecule has 4 nitrogen and oxygen atoms in total. The van der Waals surface area contributed by atoms with Gasteiger partial charge in [0, 0.05) is 16.3 Å². The van der Waals surface area contributed by atoms with E-state index < -0.39 is 0 Å². The van der Waals surface area contributed by atoms with Gasteiger partial charge in [0.2, 0.25) is 0 Å². The molecule has 0 saturated carbocycles. The molecule has 0 radical (unpaired) electrons. The van der Waals surface area contributed by atoms with Crippen molar-refractivity contribution in [2.24, 2.45) is 4.99 Å². The highest BCUT2D eigenvalue weighted by atomic mass is 16.3. The maximum absolute atomic E-state index is 6.54. The van der Waals surface area contributed by atoms with E-state index in [0.717, 1.165) is 72.1 Å². The van der Waals surface area contributed by atoms with Gasteiger partial charge < -0.3 is 9.73 Å². The highest BCUT2D eigenvalue weighted by Gasteiger charge is 2.27. The Morgan fingerprint density at radius 2 is 1.07 bits per heavy atom. The average molecular weight is 732 g/mol. The number of nitrogens with zero attached hydrogens (tertiary/aromatic N) is 1. The molecule has 270 valence electrons. The van der Waals surface area contributed by atoms with Gasteiger partial charge in [-0.1, -0.05) is 176 Å². The van der Waals surface area contributed by atoms with E-state index >= 15 is 0 Å². The largest absolute Gasteiger partial charge is 0.456 e. The summed E-state index contributed by atoms with van der Waals surface area (Å²) in [6.45, 7) is 0. The van der Waals surface area contributed by atoms with Gasteiger partial charge in [0.25, 0.3) is 0 Å². The third-order valence-electron chi connectivity index (χ3n) is 11.4. The SMILES string of the molecule is c1ccc(-c2ccc(C3NC(c4ccc5ccccc5c4)=NC(c4cccc5c(-c6cc(-c7ccccc7)cc7oc8ccccc8c67)cccc45)N3)cc2)cc1. The maximum Gasteiger partial charge on any atom is 0.136 e. The minimum atomic E-state index is -0.323. The van der Waals surface area contributed by atoms with Crippen LogP contribution in [-0.4, -0.2) is 5.84 Å². The Labute approximate surface area is 330 Å². The molecule has 9 aromatic carbocycles. The lowest BCUT2D eigenvalue weighted by Gasteiger charge is -2.33. The number of nitrogens with one attached hydrogen (secondary N) is 2. The predicted octanol–water partition coefficient (Wildman–Crippen LogP) is 13.2. The van der Waals surface area contributed by atoms with Crippen LogP contribution < -0.4 is 10.6 Å². The summed E-state index contributed by atoms with van der Waals surface area (Å²) >= 11 is 0. The summed E-state index contributed by atoms with van der Waals surface area (Å²) in [5, 5.41) is 14.6. The Bertz CT molecular complexity index is 3130. The molecular formula is C53H37N3O. The zero-order chi connectivity index (χ0) is 37.7. The molecule has 0 fully saturated rings. The van der Waals surface area contributed by atoms with Crippen molar-refractivity contribution in [3.05, 3.63) is 217 Å². The second-order valence-electron chi connectivity index (χ2n) is 14.8. The van der Waals surface area contributed by atoms with Crippen LogP contribution in [0, 0.1) is 0 Å². The van der Waals surface area contributed by atoms with Gasteiger partial charge in [-0.2, -0.15) is 0 Å². The minimum absolute atomic E-state index is 0.184. The predicted molar refractivity (Wildman–Crippen MR) is 236 cm³/mol. The maximum atomic E-state index is 6.54. The number of aliphatic imine (C=N–C) groups is 1. The van der Waals surface area contributed by atoms with E-state index in [-0.39, 0.29) is 12.3 Å². The highest BCUT2D eigenvalue weighted by molar-refractivity contribution is 6.16. The molecule has 57 heavy (non-hydrogen) atoms. The molecule has 11 rings (SSSR count). The monoisotopic (exact) mass is 731 g/mol. The first-order chi connectivity index (χ1) is 28.2. The van der Waals surface area contributed by atoms with Crippen LogP contribution >= 0.6 is 0 Å². The Kier molecular flexibility index (Phi) is 8.01. The van der Waals surface area contributed by atoms with Gasteiger partial charge >= 0.3 is 0 Å². The first-order valence-electron chi connectivity index (χ1n) is 19.5. The van der Waals surface area contributed by atoms with Crippen LogP contribution in [0.25, 0.3) is 76.9 Å². The summed E-state index contributed by atoms with van der Waals surface area (Å²) in [4.78, 5) is 5.44. The molecule has 1 aliphatic rings. The summed E-state index contributed by atoms with van der Waals surface area (Å²) < 4.78 is 6.54. The lowest BCUT2D eigenvalue weighted by molar-refractivity contribution is 0.410. The van der Waals surface area contributed by atoms with E-state index in [1.165, 1.54) is 27.3 Å².